The van der Waals surface area contributed by atoms with Crippen LogP contribution in [0.4, 0.5) is 10.1 Å². The monoisotopic (exact) mass is 419 g/mol. The molecule has 2 aromatic rings. The zero-order chi connectivity index (χ0) is 20.3. The molecule has 0 aromatic heterocycles. The molecule has 146 valence electrons. The average Bonchev–Trinajstić information content (AvgIpc) is 2.65. The number of piperidine rings is 1. The molecule has 1 N–H and O–H groups in total. The normalized spacial score (nSPS) is 19.3. The van der Waals surface area contributed by atoms with Crippen molar-refractivity contribution in [2.45, 2.75) is 19.8 Å². The molecule has 1 heterocycles. The van der Waals surface area contributed by atoms with Crippen molar-refractivity contribution in [3.8, 4) is 11.8 Å². The smallest absolute Gasteiger partial charge is 0.229 e. The Hall–Kier alpha value is -2.06. The number of hydrogen-bond acceptors (Lipinski definition) is 2. The fourth-order valence-corrected chi connectivity index (χ4v) is 4.34. The summed E-state index contributed by atoms with van der Waals surface area (Å²) in [6.07, 6.45) is 1.22. The molecule has 0 spiro atoms. The van der Waals surface area contributed by atoms with E-state index in [0.29, 0.717) is 46.2 Å². The molecule has 0 unspecified atom stereocenters. The van der Waals surface area contributed by atoms with Gasteiger partial charge in [0.05, 0.1) is 15.7 Å². The first-order valence-corrected chi connectivity index (χ1v) is 9.79. The summed E-state index contributed by atoms with van der Waals surface area (Å²) < 4.78 is 14.1. The van der Waals surface area contributed by atoms with E-state index >= 15 is 0 Å². The maximum Gasteiger partial charge on any atom is 0.229 e. The third kappa shape index (κ3) is 4.50. The lowest BCUT2D eigenvalue weighted by Gasteiger charge is -2.37. The van der Waals surface area contributed by atoms with E-state index in [2.05, 4.69) is 11.8 Å². The van der Waals surface area contributed by atoms with E-state index in [9.17, 15) is 9.18 Å². The molecule has 0 saturated carbocycles. The van der Waals surface area contributed by atoms with Crippen LogP contribution in [0, 0.1) is 29.5 Å². The van der Waals surface area contributed by atoms with Crippen molar-refractivity contribution in [3.63, 3.8) is 0 Å². The molecule has 0 bridgehead atoms. The average molecular weight is 420 g/mol. The van der Waals surface area contributed by atoms with Gasteiger partial charge in [0, 0.05) is 18.0 Å². The second-order valence-corrected chi connectivity index (χ2v) is 7.81. The Kier molecular flexibility index (Phi) is 6.61. The highest BCUT2D eigenvalue weighted by Gasteiger charge is 2.34. The predicted octanol–water partition coefficient (Wildman–Crippen LogP) is 4.71. The van der Waals surface area contributed by atoms with Crippen LogP contribution in [0.25, 0.3) is 0 Å². The lowest BCUT2D eigenvalue weighted by Crippen LogP contribution is -2.45. The second kappa shape index (κ2) is 8.96. The van der Waals surface area contributed by atoms with Gasteiger partial charge in [-0.05, 0) is 42.5 Å². The second-order valence-electron chi connectivity index (χ2n) is 7.00. The van der Waals surface area contributed by atoms with Crippen LogP contribution in [0.1, 0.15) is 24.5 Å². The number of carbonyl (C=O) groups is 1. The van der Waals surface area contributed by atoms with Gasteiger partial charge in [-0.3, -0.25) is 4.79 Å². The van der Waals surface area contributed by atoms with Crippen molar-refractivity contribution in [3.05, 3.63) is 63.4 Å². The summed E-state index contributed by atoms with van der Waals surface area (Å²) in [5.41, 5.74) is 1.65. The SMILES string of the molecule is C[C@@H]1C[C@H](Cc2ccccc2F)CN(c2c(Cl)cc(C#CCO)cc2Cl)C1=O. The maximum atomic E-state index is 14.1. The molecule has 1 saturated heterocycles. The molecule has 3 rings (SSSR count). The van der Waals surface area contributed by atoms with E-state index in [-0.39, 0.29) is 30.2 Å². The summed E-state index contributed by atoms with van der Waals surface area (Å²) in [6.45, 7) is 2.02. The molecule has 2 atom stereocenters. The number of rotatable bonds is 3. The van der Waals surface area contributed by atoms with E-state index in [1.165, 1.54) is 6.07 Å². The number of carbonyl (C=O) groups excluding carboxylic acids is 1. The molecular formula is C22H20Cl2FNO2. The molecule has 28 heavy (non-hydrogen) atoms. The van der Waals surface area contributed by atoms with Gasteiger partial charge >= 0.3 is 0 Å². The number of anilines is 1. The third-order valence-corrected chi connectivity index (χ3v) is 5.46. The predicted molar refractivity (Wildman–Crippen MR) is 110 cm³/mol. The lowest BCUT2D eigenvalue weighted by atomic mass is 9.85. The highest BCUT2D eigenvalue weighted by molar-refractivity contribution is 6.40. The minimum absolute atomic E-state index is 0.0530. The highest BCUT2D eigenvalue weighted by atomic mass is 35.5. The summed E-state index contributed by atoms with van der Waals surface area (Å²) in [6, 6.07) is 9.96. The van der Waals surface area contributed by atoms with E-state index in [4.69, 9.17) is 28.3 Å². The molecule has 0 aliphatic carbocycles. The third-order valence-electron chi connectivity index (χ3n) is 4.88. The zero-order valence-corrected chi connectivity index (χ0v) is 16.9. The Balaban J connectivity index is 1.90. The summed E-state index contributed by atoms with van der Waals surface area (Å²) >= 11 is 12.8. The minimum Gasteiger partial charge on any atom is -0.384 e. The van der Waals surface area contributed by atoms with Gasteiger partial charge in [-0.15, -0.1) is 0 Å². The number of nitrogens with zero attached hydrogens (tertiary/aromatic N) is 1. The Morgan fingerprint density at radius 3 is 2.57 bits per heavy atom. The van der Waals surface area contributed by atoms with Crippen molar-refractivity contribution >= 4 is 34.8 Å². The van der Waals surface area contributed by atoms with E-state index in [1.54, 1.807) is 29.2 Å². The quantitative estimate of drug-likeness (QED) is 0.731. The van der Waals surface area contributed by atoms with Crippen molar-refractivity contribution in [1.82, 2.24) is 0 Å². The fourth-order valence-electron chi connectivity index (χ4n) is 3.65. The zero-order valence-electron chi connectivity index (χ0n) is 15.4. The minimum atomic E-state index is -0.267. The van der Waals surface area contributed by atoms with Crippen LogP contribution in [-0.4, -0.2) is 24.2 Å². The van der Waals surface area contributed by atoms with Crippen LogP contribution in [0.2, 0.25) is 10.0 Å². The van der Waals surface area contributed by atoms with Crippen molar-refractivity contribution in [2.24, 2.45) is 11.8 Å². The number of halogens is 3. The highest BCUT2D eigenvalue weighted by Crippen LogP contribution is 2.39. The van der Waals surface area contributed by atoms with Crippen molar-refractivity contribution in [1.29, 1.82) is 0 Å². The Bertz CT molecular complexity index is 928. The molecule has 2 aromatic carbocycles. The topological polar surface area (TPSA) is 40.5 Å². The Morgan fingerprint density at radius 2 is 1.93 bits per heavy atom. The molecule has 1 aliphatic heterocycles. The van der Waals surface area contributed by atoms with Gasteiger partial charge in [0.2, 0.25) is 5.91 Å². The molecule has 0 radical (unpaired) electrons. The van der Waals surface area contributed by atoms with Gasteiger partial charge < -0.3 is 10.0 Å². The first-order valence-electron chi connectivity index (χ1n) is 9.04. The van der Waals surface area contributed by atoms with E-state index < -0.39 is 0 Å². The number of hydrogen-bond donors (Lipinski definition) is 1. The summed E-state index contributed by atoms with van der Waals surface area (Å²) in [7, 11) is 0. The molecular weight excluding hydrogens is 400 g/mol. The Morgan fingerprint density at radius 1 is 1.25 bits per heavy atom. The maximum absolute atomic E-state index is 14.1. The Labute approximate surface area is 174 Å². The molecule has 1 aliphatic rings. The summed E-state index contributed by atoms with van der Waals surface area (Å²) in [4.78, 5) is 14.4. The molecule has 1 fully saturated rings. The van der Waals surface area contributed by atoms with Crippen LogP contribution in [-0.2, 0) is 11.2 Å². The first kappa shape index (κ1) is 20.7. The summed E-state index contributed by atoms with van der Waals surface area (Å²) in [5.74, 6) is 4.89. The van der Waals surface area contributed by atoms with Crippen molar-refractivity contribution in [2.75, 3.05) is 18.1 Å². The number of aliphatic hydroxyl groups is 1. The standard InChI is InChI=1S/C22H20Cl2FNO2/c1-14-9-16(10-17-6-2-3-7-20(17)25)13-26(22(14)28)21-18(23)11-15(5-4-8-27)12-19(21)24/h2-3,6-7,11-12,14,16,27H,8-10,13H2,1H3/t14-,16-/m1/s1. The molecule has 6 heteroatoms. The van der Waals surface area contributed by atoms with Gasteiger partial charge in [-0.2, -0.15) is 0 Å². The largest absolute Gasteiger partial charge is 0.384 e. The van der Waals surface area contributed by atoms with Gasteiger partial charge in [0.25, 0.3) is 0 Å². The van der Waals surface area contributed by atoms with Gasteiger partial charge in [-0.25, -0.2) is 4.39 Å². The number of aliphatic hydroxyl groups excluding tert-OH is 1. The molecule has 3 nitrogen and oxygen atoms in total. The van der Waals surface area contributed by atoms with Crippen LogP contribution in [0.15, 0.2) is 36.4 Å². The van der Waals surface area contributed by atoms with Gasteiger partial charge in [0.1, 0.15) is 12.4 Å². The van der Waals surface area contributed by atoms with Crippen LogP contribution < -0.4 is 4.90 Å². The van der Waals surface area contributed by atoms with Crippen molar-refractivity contribution < 1.29 is 14.3 Å². The van der Waals surface area contributed by atoms with Crippen LogP contribution >= 0.6 is 23.2 Å². The van der Waals surface area contributed by atoms with E-state index in [1.807, 2.05) is 13.0 Å². The summed E-state index contributed by atoms with van der Waals surface area (Å²) in [5, 5.41) is 9.48. The number of benzene rings is 2. The number of amides is 1. The molecule has 1 amide bonds. The lowest BCUT2D eigenvalue weighted by molar-refractivity contribution is -0.124. The fraction of sp³-hybridized carbons (Fsp3) is 0.318. The first-order chi connectivity index (χ1) is 13.4. The van der Waals surface area contributed by atoms with Crippen LogP contribution in [0.5, 0.6) is 0 Å². The van der Waals surface area contributed by atoms with Gasteiger partial charge in [0.15, 0.2) is 0 Å². The van der Waals surface area contributed by atoms with Gasteiger partial charge in [-0.1, -0.05) is 60.2 Å². The van der Waals surface area contributed by atoms with Crippen LogP contribution in [0.3, 0.4) is 0 Å². The van der Waals surface area contributed by atoms with E-state index in [0.717, 1.165) is 0 Å².